The van der Waals surface area contributed by atoms with Gasteiger partial charge in [0.15, 0.2) is 0 Å². The topological polar surface area (TPSA) is 57.7 Å². The van der Waals surface area contributed by atoms with Gasteiger partial charge in [-0.1, -0.05) is 33.6 Å². The lowest BCUT2D eigenvalue weighted by molar-refractivity contribution is -0.131. The fourth-order valence-electron chi connectivity index (χ4n) is 2.20. The van der Waals surface area contributed by atoms with Gasteiger partial charge in [-0.3, -0.25) is 4.79 Å². The number of thiophene rings is 1. The van der Waals surface area contributed by atoms with Crippen LogP contribution in [-0.2, 0) is 21.4 Å². The zero-order valence-electron chi connectivity index (χ0n) is 14.1. The Kier molecular flexibility index (Phi) is 7.42. The molecule has 0 N–H and O–H groups in total. The van der Waals surface area contributed by atoms with Crippen LogP contribution in [0.5, 0.6) is 0 Å². The highest BCUT2D eigenvalue weighted by molar-refractivity contribution is 9.10. The molecule has 0 saturated heterocycles. The Hall–Kier alpha value is -1.19. The van der Waals surface area contributed by atoms with Gasteiger partial charge in [-0.2, -0.15) is 4.31 Å². The Morgan fingerprint density at radius 2 is 1.92 bits per heavy atom. The number of rotatable bonds is 8. The molecule has 1 aromatic carbocycles. The maximum atomic E-state index is 12.6. The lowest BCUT2D eigenvalue weighted by Gasteiger charge is -2.24. The lowest BCUT2D eigenvalue weighted by atomic mass is 10.3. The van der Waals surface area contributed by atoms with Gasteiger partial charge in [0.1, 0.15) is 0 Å². The highest BCUT2D eigenvalue weighted by atomic mass is 79.9. The van der Waals surface area contributed by atoms with Crippen LogP contribution >= 0.6 is 38.9 Å². The number of benzene rings is 1. The molecule has 0 saturated carbocycles. The van der Waals surface area contributed by atoms with E-state index >= 15 is 0 Å². The van der Waals surface area contributed by atoms with Crippen molar-refractivity contribution < 1.29 is 13.2 Å². The maximum Gasteiger partial charge on any atom is 0.243 e. The normalized spacial score (nSPS) is 11.5. The first kappa shape index (κ1) is 21.1. The lowest BCUT2D eigenvalue weighted by Crippen LogP contribution is -2.40. The van der Waals surface area contributed by atoms with Gasteiger partial charge in [0.25, 0.3) is 0 Å². The molecule has 1 aromatic heterocycles. The fourth-order valence-corrected chi connectivity index (χ4v) is 4.69. The number of sulfonamides is 1. The summed E-state index contributed by atoms with van der Waals surface area (Å²) in [5, 5.41) is 0. The average molecular weight is 478 g/mol. The van der Waals surface area contributed by atoms with E-state index < -0.39 is 10.0 Å². The van der Waals surface area contributed by atoms with Crippen LogP contribution in [0, 0.1) is 0 Å². The van der Waals surface area contributed by atoms with E-state index in [1.807, 2.05) is 6.07 Å². The Bertz CT molecular complexity index is 882. The van der Waals surface area contributed by atoms with Gasteiger partial charge in [-0.05, 0) is 36.4 Å². The molecule has 1 heterocycles. The van der Waals surface area contributed by atoms with Crippen LogP contribution in [0.15, 0.2) is 58.4 Å². The molecular formula is C17H18BrClN2O3S2. The molecular weight excluding hydrogens is 460 g/mol. The maximum absolute atomic E-state index is 12.6. The van der Waals surface area contributed by atoms with Crippen molar-refractivity contribution in [1.29, 1.82) is 0 Å². The van der Waals surface area contributed by atoms with Gasteiger partial charge in [0.05, 0.1) is 22.3 Å². The van der Waals surface area contributed by atoms with Gasteiger partial charge in [-0.15, -0.1) is 17.9 Å². The minimum Gasteiger partial charge on any atom is -0.333 e. The fraction of sp³-hybridized carbons (Fsp3) is 0.235. The summed E-state index contributed by atoms with van der Waals surface area (Å²) in [5.74, 6) is -0.308. The van der Waals surface area contributed by atoms with E-state index in [0.717, 1.165) is 13.7 Å². The van der Waals surface area contributed by atoms with Crippen LogP contribution in [0.4, 0.5) is 0 Å². The van der Waals surface area contributed by atoms with Crippen LogP contribution in [-0.4, -0.2) is 43.7 Å². The van der Waals surface area contributed by atoms with Crippen molar-refractivity contribution in [2.24, 2.45) is 0 Å². The zero-order chi connectivity index (χ0) is 19.3. The summed E-state index contributed by atoms with van der Waals surface area (Å²) in [6.07, 6.45) is 1.61. The van der Waals surface area contributed by atoms with Crippen molar-refractivity contribution in [3.05, 3.63) is 62.7 Å². The van der Waals surface area contributed by atoms with Gasteiger partial charge in [-0.25, -0.2) is 8.42 Å². The van der Waals surface area contributed by atoms with E-state index in [0.29, 0.717) is 17.4 Å². The van der Waals surface area contributed by atoms with E-state index in [-0.39, 0.29) is 17.3 Å². The van der Waals surface area contributed by atoms with E-state index in [2.05, 4.69) is 22.5 Å². The summed E-state index contributed by atoms with van der Waals surface area (Å²) in [5.41, 5.74) is 0. The minimum absolute atomic E-state index is 0.135. The molecule has 0 spiro atoms. The van der Waals surface area contributed by atoms with E-state index in [4.69, 9.17) is 11.6 Å². The van der Waals surface area contributed by atoms with Crippen molar-refractivity contribution in [2.45, 2.75) is 11.4 Å². The molecule has 0 atom stereocenters. The standard InChI is InChI=1S/C17H18BrClN2O3S2/c1-3-10-21(11-14-6-9-16(19)25-14)17(22)12-20(2)26(23,24)15-7-4-13(18)5-8-15/h3-9H,1,10-12H2,2H3. The first-order valence-electron chi connectivity index (χ1n) is 7.59. The first-order valence-corrected chi connectivity index (χ1v) is 11.0. The molecule has 2 aromatic rings. The third-order valence-electron chi connectivity index (χ3n) is 3.56. The molecule has 5 nitrogen and oxygen atoms in total. The predicted molar refractivity (Wildman–Crippen MR) is 109 cm³/mol. The van der Waals surface area contributed by atoms with Crippen molar-refractivity contribution in [1.82, 2.24) is 9.21 Å². The number of amides is 1. The zero-order valence-corrected chi connectivity index (χ0v) is 18.0. The van der Waals surface area contributed by atoms with Crippen molar-refractivity contribution in [2.75, 3.05) is 20.1 Å². The van der Waals surface area contributed by atoms with Crippen LogP contribution in [0.3, 0.4) is 0 Å². The first-order chi connectivity index (χ1) is 12.2. The largest absolute Gasteiger partial charge is 0.333 e. The molecule has 0 radical (unpaired) electrons. The average Bonchev–Trinajstić information content (AvgIpc) is 2.99. The molecule has 140 valence electrons. The molecule has 0 bridgehead atoms. The predicted octanol–water partition coefficient (Wildman–Crippen LogP) is 4.00. The summed E-state index contributed by atoms with van der Waals surface area (Å²) in [7, 11) is -2.36. The second-order valence-electron chi connectivity index (χ2n) is 5.48. The van der Waals surface area contributed by atoms with Crippen molar-refractivity contribution in [3.63, 3.8) is 0 Å². The molecule has 0 fully saturated rings. The molecule has 0 aliphatic carbocycles. The van der Waals surface area contributed by atoms with E-state index in [1.165, 1.54) is 30.5 Å². The van der Waals surface area contributed by atoms with Gasteiger partial charge < -0.3 is 4.90 Å². The Labute approximate surface area is 171 Å². The smallest absolute Gasteiger partial charge is 0.243 e. The van der Waals surface area contributed by atoms with Crippen LogP contribution in [0.25, 0.3) is 0 Å². The number of nitrogens with zero attached hydrogens (tertiary/aromatic N) is 2. The number of carbonyl (C=O) groups is 1. The van der Waals surface area contributed by atoms with E-state index in [1.54, 1.807) is 29.2 Å². The summed E-state index contributed by atoms with van der Waals surface area (Å²) in [6.45, 7) is 4.08. The monoisotopic (exact) mass is 476 g/mol. The number of carbonyl (C=O) groups excluding carboxylic acids is 1. The van der Waals surface area contributed by atoms with Gasteiger partial charge in [0, 0.05) is 22.9 Å². The van der Waals surface area contributed by atoms with Crippen LogP contribution in [0.2, 0.25) is 4.34 Å². The van der Waals surface area contributed by atoms with Crippen LogP contribution < -0.4 is 0 Å². The number of halogens is 2. The summed E-state index contributed by atoms with van der Waals surface area (Å²) >= 11 is 10.6. The summed E-state index contributed by atoms with van der Waals surface area (Å²) < 4.78 is 27.7. The third-order valence-corrected chi connectivity index (χ3v) is 7.12. The molecule has 0 unspecified atom stereocenters. The number of likely N-dealkylation sites (N-methyl/N-ethyl adjacent to an activating group) is 1. The van der Waals surface area contributed by atoms with Gasteiger partial charge in [0.2, 0.25) is 15.9 Å². The van der Waals surface area contributed by atoms with Crippen LogP contribution in [0.1, 0.15) is 4.88 Å². The van der Waals surface area contributed by atoms with Crippen molar-refractivity contribution >= 4 is 54.8 Å². The molecule has 1 amide bonds. The number of hydrogen-bond acceptors (Lipinski definition) is 4. The molecule has 9 heteroatoms. The SMILES string of the molecule is C=CCN(Cc1ccc(Cl)s1)C(=O)CN(C)S(=O)(=O)c1ccc(Br)cc1. The highest BCUT2D eigenvalue weighted by Gasteiger charge is 2.25. The third kappa shape index (κ3) is 5.40. The molecule has 0 aliphatic rings. The second-order valence-corrected chi connectivity index (χ2v) is 10.2. The molecule has 26 heavy (non-hydrogen) atoms. The molecule has 0 aliphatic heterocycles. The summed E-state index contributed by atoms with van der Waals surface area (Å²) in [4.78, 5) is 15.2. The highest BCUT2D eigenvalue weighted by Crippen LogP contribution is 2.23. The number of hydrogen-bond donors (Lipinski definition) is 0. The minimum atomic E-state index is -3.75. The second kappa shape index (κ2) is 9.14. The van der Waals surface area contributed by atoms with Gasteiger partial charge >= 0.3 is 0 Å². The Morgan fingerprint density at radius 3 is 2.46 bits per heavy atom. The summed E-state index contributed by atoms with van der Waals surface area (Å²) in [6, 6.07) is 9.90. The van der Waals surface area contributed by atoms with E-state index in [9.17, 15) is 13.2 Å². The van der Waals surface area contributed by atoms with Crippen molar-refractivity contribution in [3.8, 4) is 0 Å². The quantitative estimate of drug-likeness (QED) is 0.540. The Morgan fingerprint density at radius 1 is 1.27 bits per heavy atom. The molecule has 2 rings (SSSR count). The Balaban J connectivity index is 2.11.